The average molecular weight is 593 g/mol. The summed E-state index contributed by atoms with van der Waals surface area (Å²) in [5, 5.41) is 22.3. The number of nitrogens with one attached hydrogen (secondary N) is 2. The van der Waals surface area contributed by atoms with Gasteiger partial charge in [-0.15, -0.1) is 10.2 Å². The van der Waals surface area contributed by atoms with Gasteiger partial charge in [-0.1, -0.05) is 10.4 Å². The van der Waals surface area contributed by atoms with Crippen LogP contribution in [0.3, 0.4) is 0 Å². The van der Waals surface area contributed by atoms with Gasteiger partial charge in [0.2, 0.25) is 11.8 Å². The van der Waals surface area contributed by atoms with Crippen molar-refractivity contribution in [2.75, 3.05) is 19.0 Å². The third kappa shape index (κ3) is 7.19. The van der Waals surface area contributed by atoms with Crippen LogP contribution in [0.25, 0.3) is 0 Å². The summed E-state index contributed by atoms with van der Waals surface area (Å²) in [6.07, 6.45) is -3.85. The summed E-state index contributed by atoms with van der Waals surface area (Å²) in [4.78, 5) is 26.1. The first-order valence-electron chi connectivity index (χ1n) is 12.3. The molecule has 1 fully saturated rings. The minimum atomic E-state index is -4.63. The second-order valence-corrected chi connectivity index (χ2v) is 9.55. The number of methoxy groups -OCH3 is 1. The zero-order chi connectivity index (χ0) is 29.9. The van der Waals surface area contributed by atoms with Crippen LogP contribution in [-0.2, 0) is 16.1 Å². The predicted octanol–water partition coefficient (Wildman–Crippen LogP) is 2.67. The van der Waals surface area contributed by atoms with Crippen LogP contribution in [0, 0.1) is 18.8 Å². The van der Waals surface area contributed by atoms with Crippen LogP contribution in [0.15, 0.2) is 17.0 Å². The highest BCUT2D eigenvalue weighted by Crippen LogP contribution is 2.38. The average Bonchev–Trinajstić information content (AvgIpc) is 3.61. The molecular formula is C22H25F6N9O4. The summed E-state index contributed by atoms with van der Waals surface area (Å²) in [5.74, 6) is -6.66. The molecule has 1 aliphatic rings. The van der Waals surface area contributed by atoms with E-state index in [4.69, 9.17) is 4.74 Å². The maximum Gasteiger partial charge on any atom is 0.408 e. The van der Waals surface area contributed by atoms with Crippen molar-refractivity contribution in [2.24, 2.45) is 5.92 Å². The number of carbonyl (C=O) groups is 2. The smallest absolute Gasteiger partial charge is 0.382 e. The van der Waals surface area contributed by atoms with Crippen LogP contribution in [0.4, 0.5) is 32.0 Å². The highest BCUT2D eigenvalue weighted by Gasteiger charge is 2.41. The van der Waals surface area contributed by atoms with Crippen molar-refractivity contribution in [3.8, 4) is 0 Å². The summed E-state index contributed by atoms with van der Waals surface area (Å²) < 4.78 is 92.6. The number of hydrogen-bond acceptors (Lipinski definition) is 9. The first-order chi connectivity index (χ1) is 19.3. The molecule has 1 saturated carbocycles. The molecule has 13 nitrogen and oxygen atoms in total. The molecule has 1 unspecified atom stereocenters. The minimum absolute atomic E-state index is 0.102. The number of ether oxygens (including phenoxy) is 1. The Labute approximate surface area is 227 Å². The Balaban J connectivity index is 1.58. The van der Waals surface area contributed by atoms with Gasteiger partial charge >= 0.3 is 6.18 Å². The molecule has 0 radical (unpaired) electrons. The Hall–Kier alpha value is -4.03. The van der Waals surface area contributed by atoms with Gasteiger partial charge in [-0.25, -0.2) is 18.1 Å². The van der Waals surface area contributed by atoms with Crippen LogP contribution >= 0.6 is 0 Å². The molecule has 1 aliphatic carbocycles. The van der Waals surface area contributed by atoms with Gasteiger partial charge in [-0.05, 0) is 30.8 Å². The number of nitrogens with zero attached hydrogens (tertiary/aromatic N) is 7. The van der Waals surface area contributed by atoms with E-state index >= 15 is 0 Å². The van der Waals surface area contributed by atoms with E-state index in [9.17, 15) is 35.9 Å². The minimum Gasteiger partial charge on any atom is -0.382 e. The van der Waals surface area contributed by atoms with Crippen LogP contribution in [-0.4, -0.2) is 78.8 Å². The topological polar surface area (TPSA) is 155 Å². The first kappa shape index (κ1) is 29.9. The molecule has 0 aromatic carbocycles. The lowest BCUT2D eigenvalue weighted by molar-refractivity contribution is -0.143. The summed E-state index contributed by atoms with van der Waals surface area (Å²) in [6, 6.07) is -2.51. The maximum absolute atomic E-state index is 14.9. The molecule has 3 aromatic rings. The number of halogens is 6. The number of hydrogen-bond donors (Lipinski definition) is 2. The van der Waals surface area contributed by atoms with E-state index in [1.165, 1.54) is 14.0 Å². The number of amides is 2. The van der Waals surface area contributed by atoms with Gasteiger partial charge in [-0.3, -0.25) is 14.3 Å². The predicted molar refractivity (Wildman–Crippen MR) is 124 cm³/mol. The van der Waals surface area contributed by atoms with E-state index in [-0.39, 0.29) is 36.5 Å². The molecule has 0 spiro atoms. The van der Waals surface area contributed by atoms with Crippen molar-refractivity contribution in [3.05, 3.63) is 35.4 Å². The van der Waals surface area contributed by atoms with E-state index in [1.807, 2.05) is 0 Å². The normalized spacial score (nSPS) is 17.3. The lowest BCUT2D eigenvalue weighted by Crippen LogP contribution is -2.50. The highest BCUT2D eigenvalue weighted by molar-refractivity contribution is 6.00. The van der Waals surface area contributed by atoms with Crippen LogP contribution < -0.4 is 10.6 Å². The Kier molecular flexibility index (Phi) is 8.64. The molecule has 19 heteroatoms. The van der Waals surface area contributed by atoms with Gasteiger partial charge in [0.05, 0.1) is 24.7 Å². The highest BCUT2D eigenvalue weighted by atomic mass is 19.4. The fourth-order valence-corrected chi connectivity index (χ4v) is 4.54. The van der Waals surface area contributed by atoms with E-state index < -0.39 is 72.9 Å². The number of carbonyl (C=O) groups excluding carboxylic acids is 2. The Morgan fingerprint density at radius 2 is 1.95 bits per heavy atom. The van der Waals surface area contributed by atoms with Crippen LogP contribution in [0.5, 0.6) is 0 Å². The maximum atomic E-state index is 14.9. The molecule has 224 valence electrons. The van der Waals surface area contributed by atoms with E-state index in [2.05, 4.69) is 41.0 Å². The van der Waals surface area contributed by atoms with Crippen molar-refractivity contribution in [3.63, 3.8) is 0 Å². The fraction of sp³-hybridized carbons (Fsp3) is 0.591. The zero-order valence-electron chi connectivity index (χ0n) is 21.7. The summed E-state index contributed by atoms with van der Waals surface area (Å²) in [7, 11) is 1.26. The van der Waals surface area contributed by atoms with Crippen LogP contribution in [0.2, 0.25) is 0 Å². The molecule has 3 heterocycles. The standard InChI is InChI=1S/C22H25F6N9O4/c1-11-16(34-41-33-11)19(38)31-17(12-3-5-21(24,25)6-4-12)20(39)30-13-8-36(32-18(13)23)15(9-40-2)14-7-29-35-37(14)10-22(26,27)28/h7-8,12,15,17H,3-6,9-10H2,1-2H3,(H,30,39)(H,31,38)/t15?,17-/m0/s1. The van der Waals surface area contributed by atoms with Crippen molar-refractivity contribution in [1.29, 1.82) is 0 Å². The third-order valence-electron chi connectivity index (χ3n) is 6.58. The van der Waals surface area contributed by atoms with Gasteiger partial charge in [-0.2, -0.15) is 17.6 Å². The zero-order valence-corrected chi connectivity index (χ0v) is 21.7. The van der Waals surface area contributed by atoms with Gasteiger partial charge in [0.15, 0.2) is 5.69 Å². The second-order valence-electron chi connectivity index (χ2n) is 9.55. The Morgan fingerprint density at radius 3 is 2.56 bits per heavy atom. The Morgan fingerprint density at radius 1 is 1.24 bits per heavy atom. The summed E-state index contributed by atoms with van der Waals surface area (Å²) >= 11 is 0. The van der Waals surface area contributed by atoms with Crippen molar-refractivity contribution >= 4 is 17.5 Å². The number of aryl methyl sites for hydroxylation is 1. The monoisotopic (exact) mass is 593 g/mol. The molecule has 0 saturated heterocycles. The molecule has 4 rings (SSSR count). The van der Waals surface area contributed by atoms with Gasteiger partial charge in [0, 0.05) is 20.0 Å². The first-order valence-corrected chi connectivity index (χ1v) is 12.3. The molecule has 2 amide bonds. The van der Waals surface area contributed by atoms with Gasteiger partial charge in [0.25, 0.3) is 11.9 Å². The number of rotatable bonds is 10. The van der Waals surface area contributed by atoms with Crippen molar-refractivity contribution < 1.29 is 45.3 Å². The molecule has 0 bridgehead atoms. The summed E-state index contributed by atoms with van der Waals surface area (Å²) in [6.45, 7) is -0.309. The third-order valence-corrected chi connectivity index (χ3v) is 6.58. The van der Waals surface area contributed by atoms with Crippen molar-refractivity contribution in [2.45, 2.75) is 63.3 Å². The number of anilines is 1. The number of aromatic nitrogens is 7. The molecule has 2 N–H and O–H groups in total. The summed E-state index contributed by atoms with van der Waals surface area (Å²) in [5.41, 5.74) is -0.693. The molecule has 3 aromatic heterocycles. The van der Waals surface area contributed by atoms with E-state index in [1.54, 1.807) is 0 Å². The SMILES string of the molecule is COCC(c1cnnn1CC(F)(F)F)n1cc(NC(=O)[C@@H](NC(=O)c2nonc2C)C2CCC(F)(F)CC2)c(F)n1. The van der Waals surface area contributed by atoms with Crippen molar-refractivity contribution in [1.82, 2.24) is 40.4 Å². The lowest BCUT2D eigenvalue weighted by Gasteiger charge is -2.33. The molecule has 41 heavy (non-hydrogen) atoms. The van der Waals surface area contributed by atoms with Gasteiger partial charge in [0.1, 0.15) is 30.0 Å². The number of alkyl halides is 5. The van der Waals surface area contributed by atoms with E-state index in [0.29, 0.717) is 4.68 Å². The lowest BCUT2D eigenvalue weighted by atomic mass is 9.81. The second kappa shape index (κ2) is 11.8. The van der Waals surface area contributed by atoms with Gasteiger partial charge < -0.3 is 15.4 Å². The Bertz CT molecular complexity index is 1360. The van der Waals surface area contributed by atoms with Crippen LogP contribution in [0.1, 0.15) is 53.6 Å². The molecule has 2 atom stereocenters. The largest absolute Gasteiger partial charge is 0.408 e. The molecule has 0 aliphatic heterocycles. The quantitative estimate of drug-likeness (QED) is 0.338. The molecular weight excluding hydrogens is 568 g/mol. The fourth-order valence-electron chi connectivity index (χ4n) is 4.54. The van der Waals surface area contributed by atoms with E-state index in [0.717, 1.165) is 17.1 Å².